The molecule has 0 fully saturated rings. The highest BCUT2D eigenvalue weighted by atomic mass is 16.6. The summed E-state index contributed by atoms with van der Waals surface area (Å²) >= 11 is 0. The van der Waals surface area contributed by atoms with Gasteiger partial charge < -0.3 is 9.47 Å². The number of hydrogen-bond acceptors (Lipinski definition) is 4. The molecule has 21 heavy (non-hydrogen) atoms. The second-order valence-corrected chi connectivity index (χ2v) is 5.02. The van der Waals surface area contributed by atoms with E-state index in [0.717, 1.165) is 22.3 Å². The zero-order valence-corrected chi connectivity index (χ0v) is 11.8. The monoisotopic (exact) mass is 282 g/mol. The van der Waals surface area contributed by atoms with Crippen LogP contribution in [0.15, 0.2) is 36.4 Å². The molecule has 2 aromatic rings. The van der Waals surface area contributed by atoms with Crippen LogP contribution in [0.1, 0.15) is 17.5 Å². The van der Waals surface area contributed by atoms with Gasteiger partial charge in [-0.3, -0.25) is 9.59 Å². The number of carbonyl (C=O) groups is 2. The fourth-order valence-electron chi connectivity index (χ4n) is 2.53. The van der Waals surface area contributed by atoms with Crippen molar-refractivity contribution in [1.82, 2.24) is 0 Å². The normalized spacial score (nSPS) is 14.0. The lowest BCUT2D eigenvalue weighted by Gasteiger charge is -2.15. The van der Waals surface area contributed by atoms with E-state index in [4.69, 9.17) is 9.47 Å². The van der Waals surface area contributed by atoms with Gasteiger partial charge in [-0.25, -0.2) is 0 Å². The molecule has 0 saturated heterocycles. The van der Waals surface area contributed by atoms with Crippen LogP contribution in [0.2, 0.25) is 0 Å². The van der Waals surface area contributed by atoms with Gasteiger partial charge in [0, 0.05) is 11.1 Å². The van der Waals surface area contributed by atoms with Crippen LogP contribution in [0.4, 0.5) is 0 Å². The minimum Gasteiger partial charge on any atom is -0.425 e. The van der Waals surface area contributed by atoms with Crippen molar-refractivity contribution < 1.29 is 19.1 Å². The van der Waals surface area contributed by atoms with Crippen molar-refractivity contribution in [3.8, 4) is 22.6 Å². The van der Waals surface area contributed by atoms with Crippen LogP contribution < -0.4 is 9.47 Å². The van der Waals surface area contributed by atoms with Gasteiger partial charge in [0.2, 0.25) is 0 Å². The molecule has 106 valence electrons. The third kappa shape index (κ3) is 2.40. The summed E-state index contributed by atoms with van der Waals surface area (Å²) in [6, 6.07) is 11.0. The Morgan fingerprint density at radius 1 is 0.762 bits per heavy atom. The van der Waals surface area contributed by atoms with E-state index in [2.05, 4.69) is 0 Å². The Balaban J connectivity index is 2.34. The fraction of sp³-hybridized carbons (Fsp3) is 0.176. The minimum atomic E-state index is -0.614. The first kappa shape index (κ1) is 13.4. The fourth-order valence-corrected chi connectivity index (χ4v) is 2.53. The molecule has 4 nitrogen and oxygen atoms in total. The van der Waals surface area contributed by atoms with Crippen molar-refractivity contribution in [2.75, 3.05) is 0 Å². The zero-order chi connectivity index (χ0) is 15.0. The molecule has 0 spiro atoms. The summed E-state index contributed by atoms with van der Waals surface area (Å²) in [6.07, 6.45) is -0.402. The molecule has 0 unspecified atom stereocenters. The first-order chi connectivity index (χ1) is 10.1. The number of aryl methyl sites for hydroxylation is 2. The summed E-state index contributed by atoms with van der Waals surface area (Å²) in [5, 5.41) is 0. The molecule has 1 aliphatic rings. The van der Waals surface area contributed by atoms with Crippen LogP contribution in [0.5, 0.6) is 11.5 Å². The second kappa shape index (κ2) is 5.05. The summed E-state index contributed by atoms with van der Waals surface area (Å²) in [7, 11) is 0. The quantitative estimate of drug-likeness (QED) is 0.423. The maximum atomic E-state index is 11.8. The molecule has 3 rings (SSSR count). The van der Waals surface area contributed by atoms with Crippen LogP contribution in [-0.2, 0) is 9.59 Å². The Morgan fingerprint density at radius 2 is 1.19 bits per heavy atom. The van der Waals surface area contributed by atoms with Crippen molar-refractivity contribution in [3.05, 3.63) is 47.5 Å². The lowest BCUT2D eigenvalue weighted by Crippen LogP contribution is -2.17. The van der Waals surface area contributed by atoms with E-state index in [0.29, 0.717) is 11.5 Å². The Morgan fingerprint density at radius 3 is 1.62 bits per heavy atom. The van der Waals surface area contributed by atoms with Crippen LogP contribution in [0.25, 0.3) is 11.1 Å². The summed E-state index contributed by atoms with van der Waals surface area (Å²) < 4.78 is 10.7. The molecule has 0 radical (unpaired) electrons. The lowest BCUT2D eigenvalue weighted by molar-refractivity contribution is -0.144. The molecule has 4 heteroatoms. The Labute approximate surface area is 122 Å². The molecule has 0 amide bonds. The first-order valence-corrected chi connectivity index (χ1v) is 6.67. The van der Waals surface area contributed by atoms with Gasteiger partial charge in [-0.05, 0) is 37.1 Å². The predicted octanol–water partition coefficient (Wildman–Crippen LogP) is 3.18. The van der Waals surface area contributed by atoms with Crippen molar-refractivity contribution in [1.29, 1.82) is 0 Å². The van der Waals surface area contributed by atoms with E-state index in [9.17, 15) is 9.59 Å². The topological polar surface area (TPSA) is 52.6 Å². The average Bonchev–Trinajstić information content (AvgIpc) is 2.45. The molecule has 0 atom stereocenters. The summed E-state index contributed by atoms with van der Waals surface area (Å²) in [6.45, 7) is 3.87. The number of ether oxygens (including phenoxy) is 2. The molecular formula is C17H14O4. The van der Waals surface area contributed by atoms with Gasteiger partial charge in [0.15, 0.2) is 0 Å². The molecule has 0 N–H and O–H groups in total. The van der Waals surface area contributed by atoms with Gasteiger partial charge in [-0.15, -0.1) is 0 Å². The average molecular weight is 282 g/mol. The van der Waals surface area contributed by atoms with Crippen molar-refractivity contribution in [3.63, 3.8) is 0 Å². The van der Waals surface area contributed by atoms with Crippen LogP contribution in [0.3, 0.4) is 0 Å². The molecular weight excluding hydrogens is 268 g/mol. The summed E-state index contributed by atoms with van der Waals surface area (Å²) in [4.78, 5) is 23.6. The van der Waals surface area contributed by atoms with Crippen molar-refractivity contribution >= 4 is 11.9 Å². The van der Waals surface area contributed by atoms with E-state index >= 15 is 0 Å². The highest BCUT2D eigenvalue weighted by Crippen LogP contribution is 2.41. The molecule has 1 heterocycles. The zero-order valence-electron chi connectivity index (χ0n) is 11.8. The molecule has 0 aliphatic carbocycles. The number of hydrogen-bond donors (Lipinski definition) is 0. The van der Waals surface area contributed by atoms with Gasteiger partial charge in [0.1, 0.15) is 17.9 Å². The third-order valence-electron chi connectivity index (χ3n) is 3.46. The number of rotatable bonds is 0. The highest BCUT2D eigenvalue weighted by molar-refractivity contribution is 5.96. The maximum absolute atomic E-state index is 11.8. The van der Waals surface area contributed by atoms with E-state index in [1.54, 1.807) is 12.1 Å². The number of esters is 2. The van der Waals surface area contributed by atoms with Crippen LogP contribution >= 0.6 is 0 Å². The number of carbonyl (C=O) groups excluding carboxylic acids is 2. The van der Waals surface area contributed by atoms with Gasteiger partial charge >= 0.3 is 11.9 Å². The first-order valence-electron chi connectivity index (χ1n) is 6.67. The van der Waals surface area contributed by atoms with E-state index in [1.165, 1.54) is 0 Å². The highest BCUT2D eigenvalue weighted by Gasteiger charge is 2.24. The van der Waals surface area contributed by atoms with Gasteiger partial charge in [0.05, 0.1) is 0 Å². The molecule has 0 aromatic heterocycles. The van der Waals surface area contributed by atoms with Crippen LogP contribution in [-0.4, -0.2) is 11.9 Å². The summed E-state index contributed by atoms with van der Waals surface area (Å²) in [5.41, 5.74) is 3.48. The number of fused-ring (bicyclic) bond motifs is 3. The Hall–Kier alpha value is -2.62. The Bertz CT molecular complexity index is 683. The largest absolute Gasteiger partial charge is 0.425 e. The second-order valence-electron chi connectivity index (χ2n) is 5.02. The Kier molecular flexibility index (Phi) is 3.22. The van der Waals surface area contributed by atoms with E-state index in [-0.39, 0.29) is 0 Å². The lowest BCUT2D eigenvalue weighted by atomic mass is 9.95. The van der Waals surface area contributed by atoms with Gasteiger partial charge in [-0.2, -0.15) is 0 Å². The predicted molar refractivity (Wildman–Crippen MR) is 77.2 cm³/mol. The van der Waals surface area contributed by atoms with Crippen LogP contribution in [0, 0.1) is 13.8 Å². The molecule has 2 aromatic carbocycles. The maximum Gasteiger partial charge on any atom is 0.322 e. The van der Waals surface area contributed by atoms with E-state index < -0.39 is 18.4 Å². The van der Waals surface area contributed by atoms with E-state index in [1.807, 2.05) is 38.1 Å². The van der Waals surface area contributed by atoms with Crippen molar-refractivity contribution in [2.24, 2.45) is 0 Å². The van der Waals surface area contributed by atoms with Gasteiger partial charge in [-0.1, -0.05) is 24.3 Å². The van der Waals surface area contributed by atoms with Crippen molar-refractivity contribution in [2.45, 2.75) is 20.3 Å². The molecule has 0 bridgehead atoms. The smallest absolute Gasteiger partial charge is 0.322 e. The SMILES string of the molecule is Cc1cccc2c1-c1c(C)cccc1OC(=O)CC(=O)O2. The number of benzene rings is 2. The summed E-state index contributed by atoms with van der Waals surface area (Å²) in [5.74, 6) is -0.322. The molecule has 0 saturated carbocycles. The molecule has 1 aliphatic heterocycles. The minimum absolute atomic E-state index is 0.402. The third-order valence-corrected chi connectivity index (χ3v) is 3.46. The standard InChI is InChI=1S/C17H14O4/c1-10-5-3-7-12-16(10)17-11(2)6-4-8-13(17)21-15(19)9-14(18)20-12/h3-8H,9H2,1-2H3. The van der Waals surface area contributed by atoms with Gasteiger partial charge in [0.25, 0.3) is 0 Å².